The van der Waals surface area contributed by atoms with Crippen LogP contribution in [0, 0.1) is 11.3 Å². The molecule has 1 heterocycles. The SMILES string of the molecule is CC(C)CCC(O)C1(C)CC(CO)OC1=O. The second-order valence-corrected chi connectivity index (χ2v) is 5.32. The zero-order valence-corrected chi connectivity index (χ0v) is 10.3. The van der Waals surface area contributed by atoms with Crippen molar-refractivity contribution >= 4 is 5.97 Å². The minimum absolute atomic E-state index is 0.168. The van der Waals surface area contributed by atoms with Crippen molar-refractivity contribution < 1.29 is 19.7 Å². The average Bonchev–Trinajstić information content (AvgIpc) is 2.52. The van der Waals surface area contributed by atoms with E-state index in [9.17, 15) is 9.90 Å². The molecule has 1 rings (SSSR count). The summed E-state index contributed by atoms with van der Waals surface area (Å²) >= 11 is 0. The maximum Gasteiger partial charge on any atom is 0.314 e. The van der Waals surface area contributed by atoms with Crippen molar-refractivity contribution in [1.82, 2.24) is 0 Å². The van der Waals surface area contributed by atoms with Gasteiger partial charge in [0.15, 0.2) is 0 Å². The number of ether oxygens (including phenoxy) is 1. The fourth-order valence-corrected chi connectivity index (χ4v) is 2.07. The third-order valence-electron chi connectivity index (χ3n) is 3.35. The molecule has 0 aliphatic carbocycles. The van der Waals surface area contributed by atoms with Crippen molar-refractivity contribution in [3.05, 3.63) is 0 Å². The molecule has 1 fully saturated rings. The molecular weight excluding hydrogens is 208 g/mol. The van der Waals surface area contributed by atoms with Crippen LogP contribution in [0.1, 0.15) is 40.0 Å². The molecule has 3 atom stereocenters. The predicted molar refractivity (Wildman–Crippen MR) is 59.8 cm³/mol. The summed E-state index contributed by atoms with van der Waals surface area (Å²) in [4.78, 5) is 11.7. The van der Waals surface area contributed by atoms with Crippen LogP contribution in [0.3, 0.4) is 0 Å². The molecule has 0 spiro atoms. The maximum absolute atomic E-state index is 11.7. The predicted octanol–water partition coefficient (Wildman–Crippen LogP) is 1.10. The Morgan fingerprint density at radius 3 is 2.56 bits per heavy atom. The van der Waals surface area contributed by atoms with E-state index < -0.39 is 17.6 Å². The van der Waals surface area contributed by atoms with Crippen LogP contribution in [0.15, 0.2) is 0 Å². The molecule has 0 aromatic heterocycles. The Labute approximate surface area is 96.6 Å². The Hall–Kier alpha value is -0.610. The molecule has 4 nitrogen and oxygen atoms in total. The van der Waals surface area contributed by atoms with Gasteiger partial charge in [0.25, 0.3) is 0 Å². The van der Waals surface area contributed by atoms with Crippen LogP contribution < -0.4 is 0 Å². The summed E-state index contributed by atoms with van der Waals surface area (Å²) in [6.07, 6.45) is 0.752. The van der Waals surface area contributed by atoms with Gasteiger partial charge in [0.05, 0.1) is 18.1 Å². The van der Waals surface area contributed by atoms with Crippen molar-refractivity contribution in [3.8, 4) is 0 Å². The van der Waals surface area contributed by atoms with Gasteiger partial charge in [-0.05, 0) is 25.7 Å². The largest absolute Gasteiger partial charge is 0.459 e. The highest BCUT2D eigenvalue weighted by molar-refractivity contribution is 5.79. The van der Waals surface area contributed by atoms with Crippen LogP contribution in [0.2, 0.25) is 0 Å². The van der Waals surface area contributed by atoms with Crippen LogP contribution in [0.25, 0.3) is 0 Å². The van der Waals surface area contributed by atoms with Gasteiger partial charge in [0.1, 0.15) is 6.10 Å². The standard InChI is InChI=1S/C12H22O4/c1-8(2)4-5-10(14)12(3)6-9(7-13)16-11(12)15/h8-10,13-14H,4-7H2,1-3H3. The number of esters is 1. The van der Waals surface area contributed by atoms with E-state index >= 15 is 0 Å². The third-order valence-corrected chi connectivity index (χ3v) is 3.35. The molecule has 0 bridgehead atoms. The molecule has 0 aromatic carbocycles. The molecule has 4 heteroatoms. The second kappa shape index (κ2) is 5.15. The quantitative estimate of drug-likeness (QED) is 0.694. The van der Waals surface area contributed by atoms with E-state index in [1.807, 2.05) is 0 Å². The molecule has 3 unspecified atom stereocenters. The van der Waals surface area contributed by atoms with Gasteiger partial charge in [-0.2, -0.15) is 0 Å². The van der Waals surface area contributed by atoms with E-state index in [1.54, 1.807) is 6.92 Å². The van der Waals surface area contributed by atoms with E-state index in [0.29, 0.717) is 18.8 Å². The third kappa shape index (κ3) is 2.74. The number of hydrogen-bond acceptors (Lipinski definition) is 4. The lowest BCUT2D eigenvalue weighted by Gasteiger charge is -2.26. The smallest absolute Gasteiger partial charge is 0.314 e. The Balaban J connectivity index is 2.59. The zero-order valence-electron chi connectivity index (χ0n) is 10.3. The number of rotatable bonds is 5. The summed E-state index contributed by atoms with van der Waals surface area (Å²) in [5, 5.41) is 19.0. The summed E-state index contributed by atoms with van der Waals surface area (Å²) in [5.74, 6) is 0.118. The lowest BCUT2D eigenvalue weighted by molar-refractivity contribution is -0.153. The monoisotopic (exact) mass is 230 g/mol. The number of hydrogen-bond donors (Lipinski definition) is 2. The molecule has 1 aliphatic rings. The average molecular weight is 230 g/mol. The lowest BCUT2D eigenvalue weighted by atomic mass is 9.79. The lowest BCUT2D eigenvalue weighted by Crippen LogP contribution is -2.36. The minimum Gasteiger partial charge on any atom is -0.459 e. The first kappa shape index (κ1) is 13.5. The first-order valence-electron chi connectivity index (χ1n) is 5.90. The van der Waals surface area contributed by atoms with Crippen LogP contribution in [-0.4, -0.2) is 35.0 Å². The summed E-state index contributed by atoms with van der Waals surface area (Å²) < 4.78 is 5.01. The highest BCUT2D eigenvalue weighted by Gasteiger charge is 2.49. The second-order valence-electron chi connectivity index (χ2n) is 5.32. The van der Waals surface area contributed by atoms with Crippen molar-refractivity contribution in [2.24, 2.45) is 11.3 Å². The van der Waals surface area contributed by atoms with E-state index in [0.717, 1.165) is 6.42 Å². The summed E-state index contributed by atoms with van der Waals surface area (Å²) in [7, 11) is 0. The Morgan fingerprint density at radius 2 is 2.12 bits per heavy atom. The van der Waals surface area contributed by atoms with Gasteiger partial charge in [-0.3, -0.25) is 4.79 Å². The van der Waals surface area contributed by atoms with Gasteiger partial charge < -0.3 is 14.9 Å². The maximum atomic E-state index is 11.7. The summed E-state index contributed by atoms with van der Waals surface area (Å²) in [6, 6.07) is 0. The van der Waals surface area contributed by atoms with Gasteiger partial charge in [-0.1, -0.05) is 13.8 Å². The molecule has 0 amide bonds. The summed E-state index contributed by atoms with van der Waals surface area (Å²) in [5.41, 5.74) is -0.845. The molecule has 1 saturated heterocycles. The van der Waals surface area contributed by atoms with Crippen molar-refractivity contribution in [3.63, 3.8) is 0 Å². The minimum atomic E-state index is -0.845. The van der Waals surface area contributed by atoms with E-state index in [1.165, 1.54) is 0 Å². The molecular formula is C12H22O4. The molecule has 2 N–H and O–H groups in total. The number of cyclic esters (lactones) is 1. The highest BCUT2D eigenvalue weighted by Crippen LogP contribution is 2.38. The van der Waals surface area contributed by atoms with Gasteiger partial charge in [-0.15, -0.1) is 0 Å². The topological polar surface area (TPSA) is 66.8 Å². The molecule has 0 aromatic rings. The van der Waals surface area contributed by atoms with Gasteiger partial charge in [0, 0.05) is 6.42 Å². The molecule has 1 aliphatic heterocycles. The fraction of sp³-hybridized carbons (Fsp3) is 0.917. The number of carbonyl (C=O) groups excluding carboxylic acids is 1. The Bertz CT molecular complexity index is 251. The van der Waals surface area contributed by atoms with Crippen molar-refractivity contribution in [2.75, 3.05) is 6.61 Å². The number of aliphatic hydroxyl groups is 2. The van der Waals surface area contributed by atoms with Gasteiger partial charge in [-0.25, -0.2) is 0 Å². The van der Waals surface area contributed by atoms with Crippen LogP contribution in [0.5, 0.6) is 0 Å². The molecule has 94 valence electrons. The normalized spacial score (nSPS) is 31.9. The van der Waals surface area contributed by atoms with Gasteiger partial charge >= 0.3 is 5.97 Å². The van der Waals surface area contributed by atoms with Gasteiger partial charge in [0.2, 0.25) is 0 Å². The Kier molecular flexibility index (Phi) is 4.33. The van der Waals surface area contributed by atoms with E-state index in [2.05, 4.69) is 13.8 Å². The first-order valence-corrected chi connectivity index (χ1v) is 5.90. The van der Waals surface area contributed by atoms with Crippen molar-refractivity contribution in [2.45, 2.75) is 52.2 Å². The fourth-order valence-electron chi connectivity index (χ4n) is 2.07. The summed E-state index contributed by atoms with van der Waals surface area (Å²) in [6.45, 7) is 5.71. The number of carbonyl (C=O) groups is 1. The molecule has 0 radical (unpaired) electrons. The highest BCUT2D eigenvalue weighted by atomic mass is 16.6. The van der Waals surface area contributed by atoms with E-state index in [4.69, 9.17) is 9.84 Å². The molecule has 16 heavy (non-hydrogen) atoms. The molecule has 0 saturated carbocycles. The zero-order chi connectivity index (χ0) is 12.3. The Morgan fingerprint density at radius 1 is 1.50 bits per heavy atom. The van der Waals surface area contributed by atoms with E-state index in [-0.39, 0.29) is 12.6 Å². The van der Waals surface area contributed by atoms with Crippen LogP contribution in [0.4, 0.5) is 0 Å². The van der Waals surface area contributed by atoms with Crippen LogP contribution >= 0.6 is 0 Å². The van der Waals surface area contributed by atoms with Crippen LogP contribution in [-0.2, 0) is 9.53 Å². The first-order chi connectivity index (χ1) is 7.40. The van der Waals surface area contributed by atoms with Crippen molar-refractivity contribution in [1.29, 1.82) is 0 Å². The number of aliphatic hydroxyl groups excluding tert-OH is 2.